The van der Waals surface area contributed by atoms with Crippen LogP contribution >= 0.6 is 11.3 Å². The van der Waals surface area contributed by atoms with Crippen LogP contribution in [-0.2, 0) is 28.9 Å². The van der Waals surface area contributed by atoms with Crippen LogP contribution in [0.3, 0.4) is 0 Å². The highest BCUT2D eigenvalue weighted by atomic mass is 32.1. The summed E-state index contributed by atoms with van der Waals surface area (Å²) in [7, 11) is 3.23. The zero-order chi connectivity index (χ0) is 23.8. The third kappa shape index (κ3) is 6.56. The number of aromatic nitrogens is 1. The van der Waals surface area contributed by atoms with E-state index in [9.17, 15) is 4.79 Å². The Morgan fingerprint density at radius 1 is 1.06 bits per heavy atom. The van der Waals surface area contributed by atoms with E-state index in [4.69, 9.17) is 14.2 Å². The Hall–Kier alpha value is -2.94. The maximum absolute atomic E-state index is 12.4. The fourth-order valence-corrected chi connectivity index (χ4v) is 4.73. The SMILES string of the molecule is COc1ccc(CCNC(=O)Cc2csc(-c3ccc(CN4CCOCC4)cc3)n2)cc1OC. The van der Waals surface area contributed by atoms with Crippen molar-refractivity contribution in [1.29, 1.82) is 0 Å². The molecule has 3 aromatic rings. The second-order valence-electron chi connectivity index (χ2n) is 8.20. The van der Waals surface area contributed by atoms with Gasteiger partial charge in [0.15, 0.2) is 11.5 Å². The van der Waals surface area contributed by atoms with Gasteiger partial charge in [-0.1, -0.05) is 30.3 Å². The highest BCUT2D eigenvalue weighted by molar-refractivity contribution is 7.13. The molecule has 1 aromatic heterocycles. The number of amides is 1. The lowest BCUT2D eigenvalue weighted by molar-refractivity contribution is -0.120. The van der Waals surface area contributed by atoms with Gasteiger partial charge in [-0.25, -0.2) is 4.98 Å². The van der Waals surface area contributed by atoms with Crippen molar-refractivity contribution in [3.8, 4) is 22.1 Å². The second-order valence-corrected chi connectivity index (χ2v) is 9.05. The van der Waals surface area contributed by atoms with Gasteiger partial charge in [0.05, 0.1) is 39.5 Å². The molecule has 0 radical (unpaired) electrons. The van der Waals surface area contributed by atoms with Gasteiger partial charge in [0.1, 0.15) is 5.01 Å². The molecule has 1 aliphatic rings. The number of nitrogens with zero attached hydrogens (tertiary/aromatic N) is 2. The van der Waals surface area contributed by atoms with Crippen molar-refractivity contribution < 1.29 is 19.0 Å². The summed E-state index contributed by atoms with van der Waals surface area (Å²) < 4.78 is 16.0. The molecule has 4 rings (SSSR count). The Morgan fingerprint density at radius 3 is 2.53 bits per heavy atom. The number of ether oxygens (including phenoxy) is 3. The second kappa shape index (κ2) is 12.0. The smallest absolute Gasteiger partial charge is 0.226 e. The number of rotatable bonds is 10. The molecule has 8 heteroatoms. The van der Waals surface area contributed by atoms with Gasteiger partial charge in [-0.3, -0.25) is 9.69 Å². The Kier molecular flexibility index (Phi) is 8.51. The van der Waals surface area contributed by atoms with Gasteiger partial charge < -0.3 is 19.5 Å². The third-order valence-corrected chi connectivity index (χ3v) is 6.73. The molecule has 0 unspecified atom stereocenters. The van der Waals surface area contributed by atoms with E-state index in [1.165, 1.54) is 5.56 Å². The zero-order valence-corrected chi connectivity index (χ0v) is 20.5. The average Bonchev–Trinajstić information content (AvgIpc) is 3.33. The van der Waals surface area contributed by atoms with Gasteiger partial charge in [-0.15, -0.1) is 11.3 Å². The lowest BCUT2D eigenvalue weighted by Gasteiger charge is -2.26. The fourth-order valence-electron chi connectivity index (χ4n) is 3.90. The molecule has 1 aliphatic heterocycles. The first kappa shape index (κ1) is 24.2. The largest absolute Gasteiger partial charge is 0.493 e. The highest BCUT2D eigenvalue weighted by Crippen LogP contribution is 2.28. The Bertz CT molecular complexity index is 1080. The van der Waals surface area contributed by atoms with Crippen LogP contribution in [0.1, 0.15) is 16.8 Å². The van der Waals surface area contributed by atoms with Crippen LogP contribution in [0.4, 0.5) is 0 Å². The van der Waals surface area contributed by atoms with Crippen LogP contribution in [0.5, 0.6) is 11.5 Å². The number of benzene rings is 2. The summed E-state index contributed by atoms with van der Waals surface area (Å²) >= 11 is 1.57. The molecule has 0 spiro atoms. The van der Waals surface area contributed by atoms with Gasteiger partial charge in [0.25, 0.3) is 0 Å². The van der Waals surface area contributed by atoms with Gasteiger partial charge >= 0.3 is 0 Å². The standard InChI is InChI=1S/C26H31N3O4S/c1-31-23-8-5-19(15-24(23)32-2)9-10-27-25(30)16-22-18-34-26(28-22)21-6-3-20(4-7-21)17-29-11-13-33-14-12-29/h3-8,15,18H,9-14,16-17H2,1-2H3,(H,27,30). The molecule has 1 fully saturated rings. The molecule has 34 heavy (non-hydrogen) atoms. The predicted octanol–water partition coefficient (Wildman–Crippen LogP) is 3.56. The summed E-state index contributed by atoms with van der Waals surface area (Å²) in [5, 5.41) is 5.88. The van der Waals surface area contributed by atoms with Crippen LogP contribution in [0.15, 0.2) is 47.8 Å². The lowest BCUT2D eigenvalue weighted by Crippen LogP contribution is -2.35. The maximum Gasteiger partial charge on any atom is 0.226 e. The summed E-state index contributed by atoms with van der Waals surface area (Å²) in [6, 6.07) is 14.3. The molecule has 0 aliphatic carbocycles. The lowest BCUT2D eigenvalue weighted by atomic mass is 10.1. The van der Waals surface area contributed by atoms with Crippen molar-refractivity contribution >= 4 is 17.2 Å². The van der Waals surface area contributed by atoms with E-state index >= 15 is 0 Å². The number of thiazole rings is 1. The summed E-state index contributed by atoms with van der Waals surface area (Å²) in [6.45, 7) is 5.07. The van der Waals surface area contributed by atoms with Crippen LogP contribution < -0.4 is 14.8 Å². The minimum absolute atomic E-state index is 0.0295. The van der Waals surface area contributed by atoms with Crippen molar-refractivity contribution in [3.63, 3.8) is 0 Å². The molecule has 0 saturated carbocycles. The van der Waals surface area contributed by atoms with E-state index in [1.807, 2.05) is 23.6 Å². The molecule has 2 aromatic carbocycles. The van der Waals surface area contributed by atoms with Crippen molar-refractivity contribution in [3.05, 3.63) is 64.7 Å². The molecule has 1 N–H and O–H groups in total. The molecule has 1 amide bonds. The third-order valence-electron chi connectivity index (χ3n) is 5.79. The van der Waals surface area contributed by atoms with Crippen molar-refractivity contribution in [2.24, 2.45) is 0 Å². The van der Waals surface area contributed by atoms with Crippen LogP contribution in [-0.4, -0.2) is 62.9 Å². The molecular formula is C26H31N3O4S. The molecular weight excluding hydrogens is 450 g/mol. The number of carbonyl (C=O) groups excluding carboxylic acids is 1. The molecule has 0 atom stereocenters. The summed E-state index contributed by atoms with van der Waals surface area (Å²) in [4.78, 5) is 19.5. The first-order chi connectivity index (χ1) is 16.6. The number of carbonyl (C=O) groups is 1. The molecule has 2 heterocycles. The van der Waals surface area contributed by atoms with Crippen LogP contribution in [0.25, 0.3) is 10.6 Å². The maximum atomic E-state index is 12.4. The van der Waals surface area contributed by atoms with Gasteiger partial charge in [-0.05, 0) is 29.7 Å². The zero-order valence-electron chi connectivity index (χ0n) is 19.7. The number of hydrogen-bond acceptors (Lipinski definition) is 7. The summed E-state index contributed by atoms with van der Waals surface area (Å²) in [5.41, 5.74) is 4.24. The number of hydrogen-bond donors (Lipinski definition) is 1. The first-order valence-electron chi connectivity index (χ1n) is 11.5. The molecule has 7 nitrogen and oxygen atoms in total. The van der Waals surface area contributed by atoms with Gasteiger partial charge in [0.2, 0.25) is 5.91 Å². The minimum Gasteiger partial charge on any atom is -0.493 e. The quantitative estimate of drug-likeness (QED) is 0.477. The predicted molar refractivity (Wildman–Crippen MR) is 134 cm³/mol. The summed E-state index contributed by atoms with van der Waals surface area (Å²) in [6.07, 6.45) is 0.989. The molecule has 0 bridgehead atoms. The van der Waals surface area contributed by atoms with Crippen molar-refractivity contribution in [2.45, 2.75) is 19.4 Å². The van der Waals surface area contributed by atoms with Gasteiger partial charge in [-0.2, -0.15) is 0 Å². The first-order valence-corrected chi connectivity index (χ1v) is 12.3. The number of methoxy groups -OCH3 is 2. The van der Waals surface area contributed by atoms with E-state index in [2.05, 4.69) is 39.5 Å². The molecule has 180 valence electrons. The van der Waals surface area contributed by atoms with Crippen LogP contribution in [0.2, 0.25) is 0 Å². The fraction of sp³-hybridized carbons (Fsp3) is 0.385. The minimum atomic E-state index is -0.0295. The number of nitrogens with one attached hydrogen (secondary N) is 1. The Labute approximate surface area is 204 Å². The van der Waals surface area contributed by atoms with E-state index in [1.54, 1.807) is 25.6 Å². The Balaban J connectivity index is 1.25. The van der Waals surface area contributed by atoms with E-state index in [-0.39, 0.29) is 12.3 Å². The summed E-state index contributed by atoms with van der Waals surface area (Å²) in [5.74, 6) is 1.36. The Morgan fingerprint density at radius 2 is 1.79 bits per heavy atom. The van der Waals surface area contributed by atoms with Crippen LogP contribution in [0, 0.1) is 0 Å². The average molecular weight is 482 g/mol. The van der Waals surface area contributed by atoms with Crippen molar-refractivity contribution in [2.75, 3.05) is 47.1 Å². The normalized spacial score (nSPS) is 14.1. The molecule has 1 saturated heterocycles. The van der Waals surface area contributed by atoms with Gasteiger partial charge in [0, 0.05) is 37.1 Å². The van der Waals surface area contributed by atoms with E-state index < -0.39 is 0 Å². The number of morpholine rings is 1. The monoisotopic (exact) mass is 481 g/mol. The topological polar surface area (TPSA) is 72.9 Å². The highest BCUT2D eigenvalue weighted by Gasteiger charge is 2.12. The van der Waals surface area contributed by atoms with E-state index in [0.717, 1.165) is 54.7 Å². The van der Waals surface area contributed by atoms with E-state index in [0.29, 0.717) is 24.5 Å². The van der Waals surface area contributed by atoms with Crippen molar-refractivity contribution in [1.82, 2.24) is 15.2 Å².